The molecular formula is C10H10F3NO2. The van der Waals surface area contributed by atoms with E-state index < -0.39 is 35.0 Å². The highest BCUT2D eigenvalue weighted by molar-refractivity contribution is 5.66. The lowest BCUT2D eigenvalue weighted by Crippen LogP contribution is -2.16. The summed E-state index contributed by atoms with van der Waals surface area (Å²) >= 11 is 0. The van der Waals surface area contributed by atoms with Crippen molar-refractivity contribution in [3.05, 3.63) is 35.1 Å². The monoisotopic (exact) mass is 233 g/mol. The minimum Gasteiger partial charge on any atom is -0.481 e. The zero-order chi connectivity index (χ0) is 12.3. The SMILES string of the molecule is NC(CCC(=O)O)c1c(F)cc(F)cc1F. The van der Waals surface area contributed by atoms with Crippen LogP contribution in [0.2, 0.25) is 0 Å². The minimum atomic E-state index is -1.11. The molecule has 1 unspecified atom stereocenters. The maximum absolute atomic E-state index is 13.2. The first-order valence-corrected chi connectivity index (χ1v) is 4.53. The number of halogens is 3. The summed E-state index contributed by atoms with van der Waals surface area (Å²) in [4.78, 5) is 10.3. The van der Waals surface area contributed by atoms with Gasteiger partial charge in [0.1, 0.15) is 17.5 Å². The minimum absolute atomic E-state index is 0.116. The van der Waals surface area contributed by atoms with Crippen LogP contribution in [0, 0.1) is 17.5 Å². The van der Waals surface area contributed by atoms with Gasteiger partial charge in [-0.1, -0.05) is 0 Å². The number of hydrogen-bond acceptors (Lipinski definition) is 2. The number of benzene rings is 1. The van der Waals surface area contributed by atoms with Gasteiger partial charge in [-0.05, 0) is 6.42 Å². The molecule has 88 valence electrons. The molecule has 0 fully saturated rings. The second-order valence-electron chi connectivity index (χ2n) is 3.32. The average molecular weight is 233 g/mol. The molecule has 3 N–H and O–H groups in total. The van der Waals surface area contributed by atoms with Crippen molar-refractivity contribution >= 4 is 5.97 Å². The van der Waals surface area contributed by atoms with Gasteiger partial charge >= 0.3 is 5.97 Å². The van der Waals surface area contributed by atoms with Gasteiger partial charge in [0.05, 0.1) is 0 Å². The Balaban J connectivity index is 2.90. The van der Waals surface area contributed by atoms with Crippen LogP contribution in [0.25, 0.3) is 0 Å². The Kier molecular flexibility index (Phi) is 3.89. The molecular weight excluding hydrogens is 223 g/mol. The Morgan fingerprint density at radius 3 is 2.25 bits per heavy atom. The number of aliphatic carboxylic acids is 1. The predicted octanol–water partition coefficient (Wildman–Crippen LogP) is 1.97. The molecule has 1 atom stereocenters. The maximum Gasteiger partial charge on any atom is 0.303 e. The van der Waals surface area contributed by atoms with Crippen molar-refractivity contribution in [2.45, 2.75) is 18.9 Å². The number of nitrogens with two attached hydrogens (primary N) is 1. The van der Waals surface area contributed by atoms with Crippen molar-refractivity contribution in [3.63, 3.8) is 0 Å². The standard InChI is InChI=1S/C10H10F3NO2/c11-5-3-6(12)10(7(13)4-5)8(14)1-2-9(15)16/h3-4,8H,1-2,14H2,(H,15,16). The molecule has 0 aliphatic carbocycles. The van der Waals surface area contributed by atoms with Crippen molar-refractivity contribution in [2.24, 2.45) is 5.73 Å². The summed E-state index contributed by atoms with van der Waals surface area (Å²) in [6, 6.07) is -0.0744. The summed E-state index contributed by atoms with van der Waals surface area (Å²) in [5.74, 6) is -4.35. The third-order valence-electron chi connectivity index (χ3n) is 2.08. The summed E-state index contributed by atoms with van der Waals surface area (Å²) in [5, 5.41) is 8.39. The number of carboxylic acid groups (broad SMARTS) is 1. The maximum atomic E-state index is 13.2. The van der Waals surface area contributed by atoms with Crippen molar-refractivity contribution < 1.29 is 23.1 Å². The third kappa shape index (κ3) is 2.96. The first kappa shape index (κ1) is 12.5. The van der Waals surface area contributed by atoms with Crippen LogP contribution in [0.3, 0.4) is 0 Å². The van der Waals surface area contributed by atoms with E-state index in [1.807, 2.05) is 0 Å². The molecule has 1 rings (SSSR count). The number of carbonyl (C=O) groups is 1. The smallest absolute Gasteiger partial charge is 0.303 e. The van der Waals surface area contributed by atoms with E-state index in [1.165, 1.54) is 0 Å². The molecule has 0 heterocycles. The van der Waals surface area contributed by atoms with Crippen LogP contribution in [0.4, 0.5) is 13.2 Å². The van der Waals surface area contributed by atoms with Gasteiger partial charge in [-0.2, -0.15) is 0 Å². The fraction of sp³-hybridized carbons (Fsp3) is 0.300. The highest BCUT2D eigenvalue weighted by Gasteiger charge is 2.18. The van der Waals surface area contributed by atoms with Crippen LogP contribution in [0.15, 0.2) is 12.1 Å². The van der Waals surface area contributed by atoms with Crippen LogP contribution in [-0.4, -0.2) is 11.1 Å². The molecule has 6 heteroatoms. The first-order chi connectivity index (χ1) is 7.41. The van der Waals surface area contributed by atoms with E-state index in [1.54, 1.807) is 0 Å². The Labute approximate surface area is 89.7 Å². The van der Waals surface area contributed by atoms with E-state index in [0.717, 1.165) is 0 Å². The van der Waals surface area contributed by atoms with E-state index in [-0.39, 0.29) is 12.8 Å². The van der Waals surface area contributed by atoms with Crippen LogP contribution in [-0.2, 0) is 4.79 Å². The zero-order valence-corrected chi connectivity index (χ0v) is 8.21. The Hall–Kier alpha value is -1.56. The molecule has 1 aromatic rings. The molecule has 0 amide bonds. The van der Waals surface area contributed by atoms with Crippen LogP contribution in [0.1, 0.15) is 24.4 Å². The topological polar surface area (TPSA) is 63.3 Å². The molecule has 16 heavy (non-hydrogen) atoms. The normalized spacial score (nSPS) is 12.5. The summed E-state index contributed by atoms with van der Waals surface area (Å²) < 4.78 is 38.9. The second-order valence-corrected chi connectivity index (χ2v) is 3.32. The molecule has 0 aromatic heterocycles. The van der Waals surface area contributed by atoms with Crippen molar-refractivity contribution in [3.8, 4) is 0 Å². The van der Waals surface area contributed by atoms with E-state index in [4.69, 9.17) is 10.8 Å². The summed E-state index contributed by atoms with van der Waals surface area (Å²) in [7, 11) is 0. The zero-order valence-electron chi connectivity index (χ0n) is 8.21. The number of carboxylic acids is 1. The lowest BCUT2D eigenvalue weighted by Gasteiger charge is -2.12. The van der Waals surface area contributed by atoms with E-state index >= 15 is 0 Å². The average Bonchev–Trinajstić information content (AvgIpc) is 2.12. The van der Waals surface area contributed by atoms with Gasteiger partial charge in [-0.15, -0.1) is 0 Å². The lowest BCUT2D eigenvalue weighted by molar-refractivity contribution is -0.137. The van der Waals surface area contributed by atoms with Gasteiger partial charge in [-0.3, -0.25) is 4.79 Å². The van der Waals surface area contributed by atoms with E-state index in [2.05, 4.69) is 0 Å². The molecule has 0 aliphatic rings. The number of rotatable bonds is 4. The van der Waals surface area contributed by atoms with Crippen molar-refractivity contribution in [1.29, 1.82) is 0 Å². The van der Waals surface area contributed by atoms with Gasteiger partial charge in [0.25, 0.3) is 0 Å². The molecule has 0 saturated heterocycles. The highest BCUT2D eigenvalue weighted by Crippen LogP contribution is 2.23. The molecule has 0 radical (unpaired) electrons. The van der Waals surface area contributed by atoms with Gasteiger partial charge in [-0.25, -0.2) is 13.2 Å². The van der Waals surface area contributed by atoms with Gasteiger partial charge in [0, 0.05) is 30.2 Å². The van der Waals surface area contributed by atoms with Gasteiger partial charge < -0.3 is 10.8 Å². The first-order valence-electron chi connectivity index (χ1n) is 4.53. The van der Waals surface area contributed by atoms with Crippen LogP contribution in [0.5, 0.6) is 0 Å². The Morgan fingerprint density at radius 2 is 1.81 bits per heavy atom. The Morgan fingerprint density at radius 1 is 1.31 bits per heavy atom. The molecule has 0 aliphatic heterocycles. The molecule has 0 spiro atoms. The predicted molar refractivity (Wildman–Crippen MR) is 50.1 cm³/mol. The molecule has 1 aromatic carbocycles. The summed E-state index contributed by atoms with van der Waals surface area (Å²) in [6.45, 7) is 0. The van der Waals surface area contributed by atoms with Crippen LogP contribution < -0.4 is 5.73 Å². The molecule has 0 saturated carbocycles. The molecule has 0 bridgehead atoms. The van der Waals surface area contributed by atoms with Crippen molar-refractivity contribution in [1.82, 2.24) is 0 Å². The summed E-state index contributed by atoms with van der Waals surface area (Å²) in [5.41, 5.74) is 4.95. The largest absolute Gasteiger partial charge is 0.481 e. The third-order valence-corrected chi connectivity index (χ3v) is 2.08. The van der Waals surface area contributed by atoms with Gasteiger partial charge in [0.2, 0.25) is 0 Å². The van der Waals surface area contributed by atoms with E-state index in [9.17, 15) is 18.0 Å². The van der Waals surface area contributed by atoms with Crippen molar-refractivity contribution in [2.75, 3.05) is 0 Å². The quantitative estimate of drug-likeness (QED) is 0.835. The van der Waals surface area contributed by atoms with E-state index in [0.29, 0.717) is 12.1 Å². The second kappa shape index (κ2) is 4.98. The van der Waals surface area contributed by atoms with Gasteiger partial charge in [0.15, 0.2) is 0 Å². The highest BCUT2D eigenvalue weighted by atomic mass is 19.1. The molecule has 3 nitrogen and oxygen atoms in total. The Bertz CT molecular complexity index is 386. The fourth-order valence-electron chi connectivity index (χ4n) is 1.33. The lowest BCUT2D eigenvalue weighted by atomic mass is 10.0. The fourth-order valence-corrected chi connectivity index (χ4v) is 1.33. The number of hydrogen-bond donors (Lipinski definition) is 2. The summed E-state index contributed by atoms with van der Waals surface area (Å²) in [6.07, 6.45) is -0.424. The van der Waals surface area contributed by atoms with Crippen LogP contribution >= 0.6 is 0 Å².